The fourth-order valence-corrected chi connectivity index (χ4v) is 3.23. The summed E-state index contributed by atoms with van der Waals surface area (Å²) in [5, 5.41) is 3.70. The molecule has 0 heterocycles. The Labute approximate surface area is 96.0 Å². The minimum atomic E-state index is 0.776. The lowest BCUT2D eigenvalue weighted by molar-refractivity contribution is 0.136. The summed E-state index contributed by atoms with van der Waals surface area (Å²) in [4.78, 5) is 0. The summed E-state index contributed by atoms with van der Waals surface area (Å²) in [7, 11) is 0. The SMILES string of the molecule is CCCC(NCC)C1CCCC(C)C1C. The molecule has 0 spiro atoms. The van der Waals surface area contributed by atoms with Gasteiger partial charge in [0.1, 0.15) is 0 Å². The van der Waals surface area contributed by atoms with Crippen LogP contribution in [0.5, 0.6) is 0 Å². The zero-order chi connectivity index (χ0) is 11.3. The monoisotopic (exact) mass is 211 g/mol. The van der Waals surface area contributed by atoms with E-state index in [0.29, 0.717) is 0 Å². The summed E-state index contributed by atoms with van der Waals surface area (Å²) in [6.45, 7) is 10.6. The quantitative estimate of drug-likeness (QED) is 0.728. The van der Waals surface area contributed by atoms with E-state index in [9.17, 15) is 0 Å². The van der Waals surface area contributed by atoms with Crippen molar-refractivity contribution in [3.63, 3.8) is 0 Å². The summed E-state index contributed by atoms with van der Waals surface area (Å²) >= 11 is 0. The molecule has 1 fully saturated rings. The lowest BCUT2D eigenvalue weighted by Crippen LogP contribution is -2.42. The highest BCUT2D eigenvalue weighted by Gasteiger charge is 2.31. The standard InChI is InChI=1S/C14H29N/c1-5-8-14(15-6-2)13-10-7-9-11(3)12(13)4/h11-15H,5-10H2,1-4H3. The van der Waals surface area contributed by atoms with Crippen LogP contribution in [0.1, 0.15) is 59.8 Å². The summed E-state index contributed by atoms with van der Waals surface area (Å²) in [6, 6.07) is 0.776. The molecule has 0 aromatic carbocycles. The highest BCUT2D eigenvalue weighted by molar-refractivity contribution is 4.85. The van der Waals surface area contributed by atoms with E-state index in [4.69, 9.17) is 0 Å². The van der Waals surface area contributed by atoms with Crippen LogP contribution in [-0.2, 0) is 0 Å². The maximum Gasteiger partial charge on any atom is 0.00977 e. The van der Waals surface area contributed by atoms with E-state index >= 15 is 0 Å². The van der Waals surface area contributed by atoms with Gasteiger partial charge in [-0.15, -0.1) is 0 Å². The van der Waals surface area contributed by atoms with Crippen molar-refractivity contribution < 1.29 is 0 Å². The summed E-state index contributed by atoms with van der Waals surface area (Å²) in [5.41, 5.74) is 0. The molecule has 90 valence electrons. The van der Waals surface area contributed by atoms with Gasteiger partial charge in [0.2, 0.25) is 0 Å². The largest absolute Gasteiger partial charge is 0.314 e. The maximum absolute atomic E-state index is 3.70. The molecule has 1 N–H and O–H groups in total. The van der Waals surface area contributed by atoms with Gasteiger partial charge >= 0.3 is 0 Å². The molecule has 0 amide bonds. The highest BCUT2D eigenvalue weighted by atomic mass is 14.9. The van der Waals surface area contributed by atoms with Crippen LogP contribution >= 0.6 is 0 Å². The molecule has 0 aromatic heterocycles. The number of hydrogen-bond acceptors (Lipinski definition) is 1. The minimum Gasteiger partial charge on any atom is -0.314 e. The lowest BCUT2D eigenvalue weighted by Gasteiger charge is -2.39. The van der Waals surface area contributed by atoms with Crippen LogP contribution in [0.4, 0.5) is 0 Å². The Morgan fingerprint density at radius 2 is 1.93 bits per heavy atom. The molecule has 1 heteroatoms. The number of hydrogen-bond donors (Lipinski definition) is 1. The van der Waals surface area contributed by atoms with Crippen LogP contribution in [0.15, 0.2) is 0 Å². The van der Waals surface area contributed by atoms with E-state index in [-0.39, 0.29) is 0 Å². The Kier molecular flexibility index (Phi) is 5.66. The zero-order valence-corrected chi connectivity index (χ0v) is 11.1. The van der Waals surface area contributed by atoms with E-state index in [2.05, 4.69) is 33.0 Å². The van der Waals surface area contributed by atoms with E-state index in [1.165, 1.54) is 32.1 Å². The minimum absolute atomic E-state index is 0.776. The first-order valence-electron chi connectivity index (χ1n) is 6.94. The Morgan fingerprint density at radius 1 is 1.20 bits per heavy atom. The molecule has 0 bridgehead atoms. The molecular formula is C14H29N. The first-order chi connectivity index (χ1) is 7.20. The lowest BCUT2D eigenvalue weighted by atomic mass is 9.70. The third-order valence-electron chi connectivity index (χ3n) is 4.35. The van der Waals surface area contributed by atoms with E-state index in [0.717, 1.165) is 30.3 Å². The third-order valence-corrected chi connectivity index (χ3v) is 4.35. The Hall–Kier alpha value is -0.0400. The van der Waals surface area contributed by atoms with Crippen LogP contribution in [0.2, 0.25) is 0 Å². The second kappa shape index (κ2) is 6.52. The zero-order valence-electron chi connectivity index (χ0n) is 11.1. The van der Waals surface area contributed by atoms with Crippen molar-refractivity contribution in [2.75, 3.05) is 6.54 Å². The van der Waals surface area contributed by atoms with Gasteiger partial charge in [-0.2, -0.15) is 0 Å². The van der Waals surface area contributed by atoms with Crippen molar-refractivity contribution >= 4 is 0 Å². The molecule has 1 aliphatic carbocycles. The molecule has 0 saturated heterocycles. The second-order valence-corrected chi connectivity index (χ2v) is 5.38. The van der Waals surface area contributed by atoms with Gasteiger partial charge in [-0.3, -0.25) is 0 Å². The molecule has 1 aliphatic rings. The third kappa shape index (κ3) is 3.48. The van der Waals surface area contributed by atoms with E-state index in [1.807, 2.05) is 0 Å². The molecule has 4 unspecified atom stereocenters. The fraction of sp³-hybridized carbons (Fsp3) is 1.00. The Bertz CT molecular complexity index is 161. The molecule has 0 radical (unpaired) electrons. The summed E-state index contributed by atoms with van der Waals surface area (Å²) in [5.74, 6) is 2.77. The Balaban J connectivity index is 2.55. The van der Waals surface area contributed by atoms with Crippen molar-refractivity contribution in [1.29, 1.82) is 0 Å². The normalized spacial score (nSPS) is 34.0. The fourth-order valence-electron chi connectivity index (χ4n) is 3.23. The van der Waals surface area contributed by atoms with Crippen molar-refractivity contribution in [3.05, 3.63) is 0 Å². The molecule has 1 saturated carbocycles. The van der Waals surface area contributed by atoms with Gasteiger partial charge in [0.25, 0.3) is 0 Å². The van der Waals surface area contributed by atoms with Crippen LogP contribution in [0.3, 0.4) is 0 Å². The van der Waals surface area contributed by atoms with Gasteiger partial charge in [-0.05, 0) is 37.1 Å². The molecule has 0 aromatic rings. The van der Waals surface area contributed by atoms with Crippen molar-refractivity contribution in [2.24, 2.45) is 17.8 Å². The van der Waals surface area contributed by atoms with Crippen LogP contribution in [0.25, 0.3) is 0 Å². The first-order valence-corrected chi connectivity index (χ1v) is 6.94. The average Bonchev–Trinajstić information content (AvgIpc) is 2.22. The van der Waals surface area contributed by atoms with Gasteiger partial charge in [0, 0.05) is 6.04 Å². The van der Waals surface area contributed by atoms with Crippen LogP contribution in [0, 0.1) is 17.8 Å². The van der Waals surface area contributed by atoms with Crippen LogP contribution < -0.4 is 5.32 Å². The van der Waals surface area contributed by atoms with Gasteiger partial charge in [-0.25, -0.2) is 0 Å². The predicted octanol–water partition coefficient (Wildman–Crippen LogP) is 3.84. The average molecular weight is 211 g/mol. The smallest absolute Gasteiger partial charge is 0.00977 e. The highest BCUT2D eigenvalue weighted by Crippen LogP contribution is 2.37. The number of rotatable bonds is 5. The topological polar surface area (TPSA) is 12.0 Å². The maximum atomic E-state index is 3.70. The summed E-state index contributed by atoms with van der Waals surface area (Å²) in [6.07, 6.45) is 7.01. The molecule has 1 nitrogen and oxygen atoms in total. The molecule has 1 rings (SSSR count). The van der Waals surface area contributed by atoms with Crippen molar-refractivity contribution in [3.8, 4) is 0 Å². The molecule has 0 aliphatic heterocycles. The number of nitrogens with one attached hydrogen (secondary N) is 1. The molecule has 15 heavy (non-hydrogen) atoms. The van der Waals surface area contributed by atoms with Gasteiger partial charge < -0.3 is 5.32 Å². The van der Waals surface area contributed by atoms with Crippen LogP contribution in [-0.4, -0.2) is 12.6 Å². The molecular weight excluding hydrogens is 182 g/mol. The van der Waals surface area contributed by atoms with E-state index in [1.54, 1.807) is 0 Å². The van der Waals surface area contributed by atoms with Gasteiger partial charge in [-0.1, -0.05) is 47.0 Å². The van der Waals surface area contributed by atoms with Gasteiger partial charge in [0.05, 0.1) is 0 Å². The predicted molar refractivity (Wildman–Crippen MR) is 68.0 cm³/mol. The molecule has 4 atom stereocenters. The second-order valence-electron chi connectivity index (χ2n) is 5.38. The Morgan fingerprint density at radius 3 is 2.53 bits per heavy atom. The van der Waals surface area contributed by atoms with Crippen molar-refractivity contribution in [2.45, 2.75) is 65.8 Å². The summed E-state index contributed by atoms with van der Waals surface area (Å²) < 4.78 is 0. The van der Waals surface area contributed by atoms with Gasteiger partial charge in [0.15, 0.2) is 0 Å². The van der Waals surface area contributed by atoms with Crippen molar-refractivity contribution in [1.82, 2.24) is 5.32 Å². The first kappa shape index (κ1) is 13.0. The van der Waals surface area contributed by atoms with E-state index < -0.39 is 0 Å².